The van der Waals surface area contributed by atoms with Crippen LogP contribution in [0, 0.1) is 0 Å². The Kier molecular flexibility index (Phi) is 4.99. The fourth-order valence-electron chi connectivity index (χ4n) is 2.65. The van der Waals surface area contributed by atoms with Gasteiger partial charge in [0.25, 0.3) is 0 Å². The number of hydrogen-bond donors (Lipinski definition) is 0. The van der Waals surface area contributed by atoms with Crippen LogP contribution < -0.4 is 0 Å². The Balaban J connectivity index is 2.07. The minimum absolute atomic E-state index is 0.296. The number of carbonyl (C=O) groups is 1. The summed E-state index contributed by atoms with van der Waals surface area (Å²) in [4.78, 5) is 16.3. The first-order valence-electron chi connectivity index (χ1n) is 8.01. The number of fused-ring (bicyclic) bond motifs is 3. The summed E-state index contributed by atoms with van der Waals surface area (Å²) >= 11 is 1.26. The van der Waals surface area contributed by atoms with Crippen molar-refractivity contribution in [3.8, 4) is 0 Å². The molecule has 3 aromatic rings. The summed E-state index contributed by atoms with van der Waals surface area (Å²) in [5, 5.41) is 9.73. The zero-order valence-corrected chi connectivity index (χ0v) is 14.8. The molecule has 0 saturated heterocycles. The molecule has 0 amide bonds. The molecular weight excluding hydrogens is 324 g/mol. The number of aryl methyl sites for hydroxylation is 1. The Morgan fingerprint density at radius 1 is 1.33 bits per heavy atom. The summed E-state index contributed by atoms with van der Waals surface area (Å²) in [6.07, 6.45) is 2.17. The highest BCUT2D eigenvalue weighted by Crippen LogP contribution is 2.28. The van der Waals surface area contributed by atoms with E-state index in [1.54, 1.807) is 6.92 Å². The quantitative estimate of drug-likeness (QED) is 0.504. The van der Waals surface area contributed by atoms with Gasteiger partial charge in [-0.05, 0) is 19.4 Å². The molecule has 7 heteroatoms. The number of rotatable bonds is 6. The Labute approximate surface area is 144 Å². The third kappa shape index (κ3) is 3.08. The average Bonchev–Trinajstić information content (AvgIpc) is 2.92. The molecule has 126 valence electrons. The second-order valence-corrected chi connectivity index (χ2v) is 6.88. The van der Waals surface area contributed by atoms with Gasteiger partial charge < -0.3 is 9.30 Å². The van der Waals surface area contributed by atoms with Gasteiger partial charge in [0, 0.05) is 11.9 Å². The molecule has 0 aliphatic heterocycles. The van der Waals surface area contributed by atoms with E-state index in [0.717, 1.165) is 41.5 Å². The van der Waals surface area contributed by atoms with E-state index in [2.05, 4.69) is 32.7 Å². The minimum Gasteiger partial charge on any atom is -0.468 e. The number of unbranched alkanes of at least 4 members (excludes halogenated alkanes) is 1. The van der Waals surface area contributed by atoms with E-state index >= 15 is 0 Å². The molecule has 0 aliphatic carbocycles. The molecule has 0 aliphatic rings. The fourth-order valence-corrected chi connectivity index (χ4v) is 3.39. The Hall–Kier alpha value is -2.15. The Morgan fingerprint density at radius 3 is 2.88 bits per heavy atom. The number of carbonyl (C=O) groups excluding carboxylic acids is 1. The van der Waals surface area contributed by atoms with Gasteiger partial charge in [-0.1, -0.05) is 43.3 Å². The SMILES string of the molecule is CCCCn1c2ccccc2c2nnc(SC(C)C(=O)OC)nc21. The lowest BCUT2D eigenvalue weighted by Crippen LogP contribution is -2.15. The lowest BCUT2D eigenvalue weighted by Gasteiger charge is -2.08. The van der Waals surface area contributed by atoms with Crippen molar-refractivity contribution in [2.24, 2.45) is 0 Å². The van der Waals surface area contributed by atoms with Gasteiger partial charge in [-0.3, -0.25) is 4.79 Å². The third-order valence-electron chi connectivity index (χ3n) is 3.91. The highest BCUT2D eigenvalue weighted by Gasteiger charge is 2.19. The average molecular weight is 344 g/mol. The van der Waals surface area contributed by atoms with E-state index in [4.69, 9.17) is 4.74 Å². The van der Waals surface area contributed by atoms with Gasteiger partial charge in [0.2, 0.25) is 5.16 Å². The van der Waals surface area contributed by atoms with E-state index in [1.165, 1.54) is 18.9 Å². The highest BCUT2D eigenvalue weighted by atomic mass is 32.2. The minimum atomic E-state index is -0.372. The van der Waals surface area contributed by atoms with Crippen molar-refractivity contribution in [1.29, 1.82) is 0 Å². The van der Waals surface area contributed by atoms with E-state index in [0.29, 0.717) is 5.16 Å². The molecule has 0 spiro atoms. The number of hydrogen-bond acceptors (Lipinski definition) is 6. The summed E-state index contributed by atoms with van der Waals surface area (Å²) in [7, 11) is 1.38. The smallest absolute Gasteiger partial charge is 0.318 e. The number of ether oxygens (including phenoxy) is 1. The lowest BCUT2D eigenvalue weighted by atomic mass is 10.2. The van der Waals surface area contributed by atoms with Crippen LogP contribution in [0.25, 0.3) is 22.1 Å². The summed E-state index contributed by atoms with van der Waals surface area (Å²) in [6, 6.07) is 8.14. The molecule has 0 saturated carbocycles. The van der Waals surface area contributed by atoms with Crippen LogP contribution >= 0.6 is 11.8 Å². The van der Waals surface area contributed by atoms with Crippen LogP contribution in [0.4, 0.5) is 0 Å². The maximum atomic E-state index is 11.6. The van der Waals surface area contributed by atoms with Crippen molar-refractivity contribution < 1.29 is 9.53 Å². The van der Waals surface area contributed by atoms with Gasteiger partial charge in [-0.25, -0.2) is 4.98 Å². The van der Waals surface area contributed by atoms with Crippen LogP contribution in [0.2, 0.25) is 0 Å². The zero-order valence-electron chi connectivity index (χ0n) is 14.0. The molecular formula is C17H20N4O2S. The predicted molar refractivity (Wildman–Crippen MR) is 95.1 cm³/mol. The third-order valence-corrected chi connectivity index (χ3v) is 4.83. The summed E-state index contributed by atoms with van der Waals surface area (Å²) in [6.45, 7) is 4.83. The van der Waals surface area contributed by atoms with E-state index in [9.17, 15) is 4.79 Å². The van der Waals surface area contributed by atoms with Gasteiger partial charge in [-0.2, -0.15) is 0 Å². The van der Waals surface area contributed by atoms with E-state index in [-0.39, 0.29) is 11.2 Å². The largest absolute Gasteiger partial charge is 0.468 e. The first-order chi connectivity index (χ1) is 11.7. The predicted octanol–water partition coefficient (Wildman–Crippen LogP) is 3.43. The van der Waals surface area contributed by atoms with Crippen LogP contribution in [-0.2, 0) is 16.1 Å². The van der Waals surface area contributed by atoms with Crippen LogP contribution in [0.1, 0.15) is 26.7 Å². The van der Waals surface area contributed by atoms with Crippen LogP contribution in [0.3, 0.4) is 0 Å². The molecule has 6 nitrogen and oxygen atoms in total. The van der Waals surface area contributed by atoms with Crippen LogP contribution in [0.5, 0.6) is 0 Å². The number of aromatic nitrogens is 4. The molecule has 0 N–H and O–H groups in total. The Morgan fingerprint density at radius 2 is 2.12 bits per heavy atom. The van der Waals surface area contributed by atoms with Crippen molar-refractivity contribution in [2.45, 2.75) is 43.6 Å². The van der Waals surface area contributed by atoms with Gasteiger partial charge >= 0.3 is 5.97 Å². The first kappa shape index (κ1) is 16.7. The molecule has 1 unspecified atom stereocenters. The summed E-state index contributed by atoms with van der Waals surface area (Å²) in [5.74, 6) is -0.296. The number of para-hydroxylation sites is 1. The second-order valence-electron chi connectivity index (χ2n) is 5.57. The Bertz CT molecular complexity index is 878. The zero-order chi connectivity index (χ0) is 17.1. The normalized spacial score (nSPS) is 12.6. The number of nitrogens with zero attached hydrogens (tertiary/aromatic N) is 4. The van der Waals surface area contributed by atoms with E-state index in [1.807, 2.05) is 18.2 Å². The lowest BCUT2D eigenvalue weighted by molar-refractivity contribution is -0.139. The molecule has 0 fully saturated rings. The summed E-state index contributed by atoms with van der Waals surface area (Å²) in [5.41, 5.74) is 2.74. The number of esters is 1. The van der Waals surface area contributed by atoms with Crippen molar-refractivity contribution in [3.05, 3.63) is 24.3 Å². The molecule has 1 aromatic carbocycles. The molecule has 1 atom stereocenters. The van der Waals surface area contributed by atoms with Gasteiger partial charge in [0.05, 0.1) is 12.6 Å². The van der Waals surface area contributed by atoms with Crippen molar-refractivity contribution in [3.63, 3.8) is 0 Å². The highest BCUT2D eigenvalue weighted by molar-refractivity contribution is 8.00. The first-order valence-corrected chi connectivity index (χ1v) is 8.89. The molecule has 0 bridgehead atoms. The number of methoxy groups -OCH3 is 1. The molecule has 2 aromatic heterocycles. The fraction of sp³-hybridized carbons (Fsp3) is 0.412. The molecule has 3 rings (SSSR count). The second kappa shape index (κ2) is 7.17. The maximum Gasteiger partial charge on any atom is 0.318 e. The van der Waals surface area contributed by atoms with Gasteiger partial charge in [0.15, 0.2) is 5.65 Å². The summed E-state index contributed by atoms with van der Waals surface area (Å²) < 4.78 is 6.95. The van der Waals surface area contributed by atoms with Gasteiger partial charge in [0.1, 0.15) is 10.8 Å². The number of thioether (sulfide) groups is 1. The van der Waals surface area contributed by atoms with E-state index < -0.39 is 0 Å². The topological polar surface area (TPSA) is 69.9 Å². The standard InChI is InChI=1S/C17H20N4O2S/c1-4-5-10-21-13-9-7-6-8-12(13)14-15(21)18-17(20-19-14)24-11(2)16(22)23-3/h6-9,11H,4-5,10H2,1-3H3. The van der Waals surface area contributed by atoms with Crippen LogP contribution in [0.15, 0.2) is 29.4 Å². The molecule has 2 heterocycles. The van der Waals surface area contributed by atoms with Crippen molar-refractivity contribution in [1.82, 2.24) is 19.7 Å². The molecule has 24 heavy (non-hydrogen) atoms. The monoisotopic (exact) mass is 344 g/mol. The van der Waals surface area contributed by atoms with Crippen LogP contribution in [-0.4, -0.2) is 38.1 Å². The molecule has 0 radical (unpaired) electrons. The van der Waals surface area contributed by atoms with Crippen molar-refractivity contribution >= 4 is 39.8 Å². The van der Waals surface area contributed by atoms with Gasteiger partial charge in [-0.15, -0.1) is 10.2 Å². The van der Waals surface area contributed by atoms with Crippen molar-refractivity contribution in [2.75, 3.05) is 7.11 Å². The number of benzene rings is 1. The maximum absolute atomic E-state index is 11.6.